The van der Waals surface area contributed by atoms with Gasteiger partial charge in [-0.05, 0) is 68.9 Å². The van der Waals surface area contributed by atoms with E-state index in [9.17, 15) is 0 Å². The Morgan fingerprint density at radius 2 is 1.75 bits per heavy atom. The zero-order chi connectivity index (χ0) is 14.8. The quantitative estimate of drug-likeness (QED) is 0.577. The molecular formula is C15H23Br2NO2. The van der Waals surface area contributed by atoms with E-state index in [0.29, 0.717) is 0 Å². The standard InChI is InChI=1S/C15H23Br2NO2/c1-3-4-7-20-8-5-6-18-11-12-9-13(16)15(19-2)14(17)10-12/h9-10,18H,3-8,11H2,1-2H3. The van der Waals surface area contributed by atoms with Crippen LogP contribution in [0.4, 0.5) is 0 Å². The van der Waals surface area contributed by atoms with Gasteiger partial charge in [0.05, 0.1) is 16.1 Å². The summed E-state index contributed by atoms with van der Waals surface area (Å²) in [5.74, 6) is 0.832. The van der Waals surface area contributed by atoms with Gasteiger partial charge in [0.1, 0.15) is 5.75 Å². The predicted molar refractivity (Wildman–Crippen MR) is 90.4 cm³/mol. The Labute approximate surface area is 138 Å². The molecule has 0 saturated heterocycles. The molecule has 0 amide bonds. The second kappa shape index (κ2) is 10.6. The molecule has 0 bridgehead atoms. The Bertz CT molecular complexity index is 376. The monoisotopic (exact) mass is 407 g/mol. The number of ether oxygens (including phenoxy) is 2. The summed E-state index contributed by atoms with van der Waals surface area (Å²) in [4.78, 5) is 0. The average molecular weight is 409 g/mol. The highest BCUT2D eigenvalue weighted by Crippen LogP contribution is 2.34. The van der Waals surface area contributed by atoms with Gasteiger partial charge in [-0.1, -0.05) is 13.3 Å². The van der Waals surface area contributed by atoms with Crippen molar-refractivity contribution < 1.29 is 9.47 Å². The van der Waals surface area contributed by atoms with Crippen molar-refractivity contribution >= 4 is 31.9 Å². The lowest BCUT2D eigenvalue weighted by atomic mass is 10.2. The van der Waals surface area contributed by atoms with E-state index in [-0.39, 0.29) is 0 Å². The number of unbranched alkanes of at least 4 members (excludes halogenated alkanes) is 1. The van der Waals surface area contributed by atoms with Crippen LogP contribution in [0.3, 0.4) is 0 Å². The number of methoxy groups -OCH3 is 1. The fourth-order valence-corrected chi connectivity index (χ4v) is 3.39. The van der Waals surface area contributed by atoms with Gasteiger partial charge in [-0.25, -0.2) is 0 Å². The summed E-state index contributed by atoms with van der Waals surface area (Å²) in [6.45, 7) is 5.71. The Morgan fingerprint density at radius 3 is 2.35 bits per heavy atom. The third-order valence-corrected chi connectivity index (χ3v) is 4.05. The molecule has 0 aliphatic rings. The number of rotatable bonds is 10. The summed E-state index contributed by atoms with van der Waals surface area (Å²) in [5, 5.41) is 3.42. The first kappa shape index (κ1) is 18.0. The Hall–Kier alpha value is -0.100. The molecule has 1 aromatic carbocycles. The maximum atomic E-state index is 5.52. The zero-order valence-corrected chi connectivity index (χ0v) is 15.3. The third kappa shape index (κ3) is 6.57. The van der Waals surface area contributed by atoms with Crippen molar-refractivity contribution in [2.24, 2.45) is 0 Å². The molecule has 1 aromatic rings. The van der Waals surface area contributed by atoms with Crippen molar-refractivity contribution in [3.63, 3.8) is 0 Å². The summed E-state index contributed by atoms with van der Waals surface area (Å²) < 4.78 is 12.7. The summed E-state index contributed by atoms with van der Waals surface area (Å²) in [5.41, 5.74) is 1.22. The van der Waals surface area contributed by atoms with E-state index < -0.39 is 0 Å². The summed E-state index contributed by atoms with van der Waals surface area (Å²) >= 11 is 7.03. The fraction of sp³-hybridized carbons (Fsp3) is 0.600. The average Bonchev–Trinajstić information content (AvgIpc) is 2.41. The van der Waals surface area contributed by atoms with E-state index >= 15 is 0 Å². The molecule has 3 nitrogen and oxygen atoms in total. The minimum atomic E-state index is 0.832. The minimum Gasteiger partial charge on any atom is -0.494 e. The molecule has 0 saturated carbocycles. The number of hydrogen-bond donors (Lipinski definition) is 1. The van der Waals surface area contributed by atoms with Crippen LogP contribution < -0.4 is 10.1 Å². The Balaban J connectivity index is 2.22. The van der Waals surface area contributed by atoms with Gasteiger partial charge in [0.15, 0.2) is 0 Å². The van der Waals surface area contributed by atoms with Gasteiger partial charge < -0.3 is 14.8 Å². The highest BCUT2D eigenvalue weighted by Gasteiger charge is 2.07. The van der Waals surface area contributed by atoms with Crippen molar-refractivity contribution in [2.45, 2.75) is 32.7 Å². The van der Waals surface area contributed by atoms with Crippen LogP contribution in [-0.4, -0.2) is 26.9 Å². The van der Waals surface area contributed by atoms with Crippen LogP contribution in [0.15, 0.2) is 21.1 Å². The molecule has 0 radical (unpaired) electrons. The van der Waals surface area contributed by atoms with Crippen LogP contribution in [0.2, 0.25) is 0 Å². The van der Waals surface area contributed by atoms with Crippen LogP contribution in [0, 0.1) is 0 Å². The lowest BCUT2D eigenvalue weighted by molar-refractivity contribution is 0.129. The summed E-state index contributed by atoms with van der Waals surface area (Å²) in [7, 11) is 1.67. The van der Waals surface area contributed by atoms with E-state index in [4.69, 9.17) is 9.47 Å². The number of benzene rings is 1. The molecule has 114 valence electrons. The first-order valence-corrected chi connectivity index (χ1v) is 8.58. The summed E-state index contributed by atoms with van der Waals surface area (Å²) in [6.07, 6.45) is 3.39. The molecule has 20 heavy (non-hydrogen) atoms. The van der Waals surface area contributed by atoms with Gasteiger partial charge in [0.2, 0.25) is 0 Å². The molecule has 0 fully saturated rings. The van der Waals surface area contributed by atoms with E-state index in [2.05, 4.69) is 56.2 Å². The molecule has 0 aromatic heterocycles. The molecular weight excluding hydrogens is 386 g/mol. The van der Waals surface area contributed by atoms with Crippen molar-refractivity contribution in [3.8, 4) is 5.75 Å². The van der Waals surface area contributed by atoms with Crippen molar-refractivity contribution in [1.29, 1.82) is 0 Å². The Morgan fingerprint density at radius 1 is 1.10 bits per heavy atom. The topological polar surface area (TPSA) is 30.5 Å². The molecule has 0 spiro atoms. The highest BCUT2D eigenvalue weighted by molar-refractivity contribution is 9.11. The van der Waals surface area contributed by atoms with Crippen LogP contribution in [-0.2, 0) is 11.3 Å². The SMILES string of the molecule is CCCCOCCCNCc1cc(Br)c(OC)c(Br)c1. The van der Waals surface area contributed by atoms with E-state index in [1.807, 2.05) is 0 Å². The number of halogens is 2. The molecule has 0 atom stereocenters. The lowest BCUT2D eigenvalue weighted by Gasteiger charge is -2.10. The lowest BCUT2D eigenvalue weighted by Crippen LogP contribution is -2.16. The molecule has 5 heteroatoms. The first-order chi connectivity index (χ1) is 9.69. The molecule has 1 rings (SSSR count). The molecule has 0 heterocycles. The van der Waals surface area contributed by atoms with Gasteiger partial charge in [0, 0.05) is 19.8 Å². The van der Waals surface area contributed by atoms with Crippen LogP contribution in [0.25, 0.3) is 0 Å². The third-order valence-electron chi connectivity index (χ3n) is 2.88. The van der Waals surface area contributed by atoms with Crippen molar-refractivity contribution in [2.75, 3.05) is 26.9 Å². The zero-order valence-electron chi connectivity index (χ0n) is 12.2. The second-order valence-corrected chi connectivity index (χ2v) is 6.30. The molecule has 1 N–H and O–H groups in total. The number of nitrogens with one attached hydrogen (secondary N) is 1. The van der Waals surface area contributed by atoms with Crippen LogP contribution in [0.1, 0.15) is 31.7 Å². The molecule has 0 aliphatic heterocycles. The van der Waals surface area contributed by atoms with E-state index in [1.165, 1.54) is 12.0 Å². The van der Waals surface area contributed by atoms with Crippen molar-refractivity contribution in [3.05, 3.63) is 26.6 Å². The van der Waals surface area contributed by atoms with Gasteiger partial charge >= 0.3 is 0 Å². The molecule has 0 unspecified atom stereocenters. The van der Waals surface area contributed by atoms with Crippen LogP contribution in [0.5, 0.6) is 5.75 Å². The minimum absolute atomic E-state index is 0.832. The van der Waals surface area contributed by atoms with Gasteiger partial charge in [-0.2, -0.15) is 0 Å². The molecule has 0 aliphatic carbocycles. The maximum Gasteiger partial charge on any atom is 0.147 e. The van der Waals surface area contributed by atoms with Crippen molar-refractivity contribution in [1.82, 2.24) is 5.32 Å². The normalized spacial score (nSPS) is 10.8. The Kier molecular flexibility index (Phi) is 9.52. The van der Waals surface area contributed by atoms with Crippen LogP contribution >= 0.6 is 31.9 Å². The smallest absolute Gasteiger partial charge is 0.147 e. The van der Waals surface area contributed by atoms with Gasteiger partial charge in [-0.3, -0.25) is 0 Å². The first-order valence-electron chi connectivity index (χ1n) is 6.99. The van der Waals surface area contributed by atoms with Gasteiger partial charge in [-0.15, -0.1) is 0 Å². The summed E-state index contributed by atoms with van der Waals surface area (Å²) in [6, 6.07) is 4.16. The fourth-order valence-electron chi connectivity index (χ4n) is 1.79. The maximum absolute atomic E-state index is 5.52. The van der Waals surface area contributed by atoms with E-state index in [0.717, 1.165) is 53.8 Å². The van der Waals surface area contributed by atoms with E-state index in [1.54, 1.807) is 7.11 Å². The van der Waals surface area contributed by atoms with Gasteiger partial charge in [0.25, 0.3) is 0 Å². The second-order valence-electron chi connectivity index (χ2n) is 4.59. The predicted octanol–water partition coefficient (Wildman–Crippen LogP) is 4.52. The largest absolute Gasteiger partial charge is 0.494 e. The highest BCUT2D eigenvalue weighted by atomic mass is 79.9. The number of hydrogen-bond acceptors (Lipinski definition) is 3.